The Hall–Kier alpha value is -3.19. The largest absolute Gasteiger partial charge is 0.483 e. The number of amides is 2. The third kappa shape index (κ3) is 5.39. The molecule has 1 aromatic heterocycles. The number of benzene rings is 2. The summed E-state index contributed by atoms with van der Waals surface area (Å²) in [4.78, 5) is 28.5. The summed E-state index contributed by atoms with van der Waals surface area (Å²) < 4.78 is 6.48. The molecule has 0 aliphatic heterocycles. The van der Waals surface area contributed by atoms with Crippen molar-refractivity contribution in [2.75, 3.05) is 17.2 Å². The molecule has 6 nitrogen and oxygen atoms in total. The summed E-state index contributed by atoms with van der Waals surface area (Å²) in [7, 11) is 0. The highest BCUT2D eigenvalue weighted by atomic mass is 79.9. The van der Waals surface area contributed by atoms with E-state index >= 15 is 0 Å². The Balaban J connectivity index is 1.62. The van der Waals surface area contributed by atoms with Crippen LogP contribution in [-0.4, -0.2) is 23.4 Å². The first-order chi connectivity index (χ1) is 13.1. The average molecular weight is 426 g/mol. The van der Waals surface area contributed by atoms with Gasteiger partial charge < -0.3 is 15.4 Å². The zero-order valence-electron chi connectivity index (χ0n) is 14.2. The molecule has 0 radical (unpaired) electrons. The molecule has 0 saturated heterocycles. The van der Waals surface area contributed by atoms with Gasteiger partial charge in [-0.25, -0.2) is 0 Å². The van der Waals surface area contributed by atoms with Crippen LogP contribution in [-0.2, 0) is 4.79 Å². The van der Waals surface area contributed by atoms with Crippen molar-refractivity contribution in [3.63, 3.8) is 0 Å². The first kappa shape index (κ1) is 18.6. The summed E-state index contributed by atoms with van der Waals surface area (Å²) in [6, 6.07) is 17.4. The number of carbonyl (C=O) groups excluding carboxylic acids is 2. The predicted molar refractivity (Wildman–Crippen MR) is 107 cm³/mol. The Morgan fingerprint density at radius 1 is 0.926 bits per heavy atom. The molecule has 0 unspecified atom stereocenters. The van der Waals surface area contributed by atoms with Crippen LogP contribution in [0.1, 0.15) is 10.4 Å². The predicted octanol–water partition coefficient (Wildman–Crippen LogP) is 4.11. The highest BCUT2D eigenvalue weighted by Crippen LogP contribution is 2.20. The lowest BCUT2D eigenvalue weighted by Gasteiger charge is -2.12. The third-order valence-corrected chi connectivity index (χ3v) is 4.07. The topological polar surface area (TPSA) is 80.3 Å². The number of ether oxygens (including phenoxy) is 1. The average Bonchev–Trinajstić information content (AvgIpc) is 2.69. The molecule has 27 heavy (non-hydrogen) atoms. The van der Waals surface area contributed by atoms with E-state index in [2.05, 4.69) is 31.5 Å². The molecule has 1 heterocycles. The van der Waals surface area contributed by atoms with Crippen molar-refractivity contribution >= 4 is 39.1 Å². The Morgan fingerprint density at radius 3 is 2.44 bits per heavy atom. The van der Waals surface area contributed by atoms with Crippen LogP contribution in [0, 0.1) is 0 Å². The smallest absolute Gasteiger partial charge is 0.262 e. The zero-order chi connectivity index (χ0) is 19.1. The molecular formula is C20H16BrN3O3. The van der Waals surface area contributed by atoms with Gasteiger partial charge in [0.15, 0.2) is 6.61 Å². The van der Waals surface area contributed by atoms with E-state index in [0.29, 0.717) is 22.7 Å². The van der Waals surface area contributed by atoms with Gasteiger partial charge in [0.05, 0.1) is 17.4 Å². The number of rotatable bonds is 6. The first-order valence-corrected chi connectivity index (χ1v) is 8.90. The standard InChI is InChI=1S/C20H16BrN3O3/c21-14-7-9-15(10-8-14)23-19(25)13-27-18-6-2-1-5-17(18)20(26)24-16-4-3-11-22-12-16/h1-12H,13H2,(H,23,25)(H,24,26). The molecule has 7 heteroatoms. The zero-order valence-corrected chi connectivity index (χ0v) is 15.8. The number of anilines is 2. The molecule has 0 bridgehead atoms. The van der Waals surface area contributed by atoms with Crippen molar-refractivity contribution in [1.82, 2.24) is 4.98 Å². The van der Waals surface area contributed by atoms with Crippen molar-refractivity contribution in [3.8, 4) is 5.75 Å². The Bertz CT molecular complexity index is 931. The Labute approximate surface area is 164 Å². The van der Waals surface area contributed by atoms with Crippen LogP contribution in [0.3, 0.4) is 0 Å². The normalized spacial score (nSPS) is 10.1. The fraction of sp³-hybridized carbons (Fsp3) is 0.0500. The molecule has 2 aromatic carbocycles. The highest BCUT2D eigenvalue weighted by molar-refractivity contribution is 9.10. The maximum atomic E-state index is 12.5. The van der Waals surface area contributed by atoms with Crippen molar-refractivity contribution in [2.45, 2.75) is 0 Å². The van der Waals surface area contributed by atoms with Crippen molar-refractivity contribution in [3.05, 3.63) is 83.1 Å². The van der Waals surface area contributed by atoms with Crippen molar-refractivity contribution in [2.24, 2.45) is 0 Å². The van der Waals surface area contributed by atoms with Gasteiger partial charge in [-0.05, 0) is 48.5 Å². The minimum atomic E-state index is -0.341. The van der Waals surface area contributed by atoms with E-state index in [-0.39, 0.29) is 18.4 Å². The van der Waals surface area contributed by atoms with E-state index in [1.165, 1.54) is 0 Å². The quantitative estimate of drug-likeness (QED) is 0.622. The monoisotopic (exact) mass is 425 g/mol. The number of hydrogen-bond donors (Lipinski definition) is 2. The molecule has 2 amide bonds. The summed E-state index contributed by atoms with van der Waals surface area (Å²) in [6.45, 7) is -0.215. The lowest BCUT2D eigenvalue weighted by molar-refractivity contribution is -0.118. The van der Waals surface area contributed by atoms with Gasteiger partial charge in [-0.2, -0.15) is 0 Å². The van der Waals surface area contributed by atoms with Crippen LogP contribution in [0.5, 0.6) is 5.75 Å². The van der Waals surface area contributed by atoms with E-state index in [4.69, 9.17) is 4.74 Å². The minimum Gasteiger partial charge on any atom is -0.483 e. The number of nitrogens with zero attached hydrogens (tertiary/aromatic N) is 1. The van der Waals surface area contributed by atoms with Crippen LogP contribution in [0.25, 0.3) is 0 Å². The van der Waals surface area contributed by atoms with Crippen LogP contribution in [0.2, 0.25) is 0 Å². The van der Waals surface area contributed by atoms with Gasteiger partial charge >= 0.3 is 0 Å². The van der Waals surface area contributed by atoms with Crippen LogP contribution >= 0.6 is 15.9 Å². The fourth-order valence-electron chi connectivity index (χ4n) is 2.29. The highest BCUT2D eigenvalue weighted by Gasteiger charge is 2.14. The SMILES string of the molecule is O=C(COc1ccccc1C(=O)Nc1cccnc1)Nc1ccc(Br)cc1. The van der Waals surface area contributed by atoms with Crippen molar-refractivity contribution < 1.29 is 14.3 Å². The number of nitrogens with one attached hydrogen (secondary N) is 2. The van der Waals surface area contributed by atoms with Crippen LogP contribution in [0.15, 0.2) is 77.5 Å². The summed E-state index contributed by atoms with van der Waals surface area (Å²) in [5.41, 5.74) is 1.57. The second-order valence-electron chi connectivity index (χ2n) is 5.54. The van der Waals surface area contributed by atoms with E-state index in [1.807, 2.05) is 12.1 Å². The minimum absolute atomic E-state index is 0.215. The number of hydrogen-bond acceptors (Lipinski definition) is 4. The summed E-state index contributed by atoms with van der Waals surface area (Å²) in [5, 5.41) is 5.48. The third-order valence-electron chi connectivity index (χ3n) is 3.54. The fourth-order valence-corrected chi connectivity index (χ4v) is 2.55. The lowest BCUT2D eigenvalue weighted by atomic mass is 10.2. The van der Waals surface area contributed by atoms with Gasteiger partial charge in [0.2, 0.25) is 0 Å². The molecule has 3 aromatic rings. The molecule has 3 rings (SSSR count). The molecule has 136 valence electrons. The number of para-hydroxylation sites is 1. The number of aromatic nitrogens is 1. The Morgan fingerprint density at radius 2 is 1.70 bits per heavy atom. The molecule has 0 saturated carbocycles. The summed E-state index contributed by atoms with van der Waals surface area (Å²) in [5.74, 6) is -0.337. The Kier molecular flexibility index (Phi) is 6.17. The molecule has 0 aliphatic carbocycles. The second-order valence-corrected chi connectivity index (χ2v) is 6.45. The van der Waals surface area contributed by atoms with Gasteiger partial charge in [-0.1, -0.05) is 28.1 Å². The van der Waals surface area contributed by atoms with Gasteiger partial charge in [-0.3, -0.25) is 14.6 Å². The summed E-state index contributed by atoms with van der Waals surface area (Å²) in [6.07, 6.45) is 3.17. The van der Waals surface area contributed by atoms with Crippen LogP contribution < -0.4 is 15.4 Å². The number of pyridine rings is 1. The second kappa shape index (κ2) is 8.95. The molecular weight excluding hydrogens is 410 g/mol. The van der Waals surface area contributed by atoms with Gasteiger partial charge in [0, 0.05) is 16.4 Å². The summed E-state index contributed by atoms with van der Waals surface area (Å²) >= 11 is 3.34. The van der Waals surface area contributed by atoms with Crippen LogP contribution in [0.4, 0.5) is 11.4 Å². The van der Waals surface area contributed by atoms with E-state index in [1.54, 1.807) is 60.9 Å². The van der Waals surface area contributed by atoms with E-state index in [0.717, 1.165) is 4.47 Å². The maximum absolute atomic E-state index is 12.5. The van der Waals surface area contributed by atoms with E-state index < -0.39 is 0 Å². The molecule has 0 spiro atoms. The van der Waals surface area contributed by atoms with Gasteiger partial charge in [0.1, 0.15) is 5.75 Å². The molecule has 0 atom stereocenters. The maximum Gasteiger partial charge on any atom is 0.262 e. The number of halogens is 1. The van der Waals surface area contributed by atoms with Gasteiger partial charge in [-0.15, -0.1) is 0 Å². The molecule has 2 N–H and O–H groups in total. The molecule has 0 fully saturated rings. The van der Waals surface area contributed by atoms with Crippen molar-refractivity contribution in [1.29, 1.82) is 0 Å². The van der Waals surface area contributed by atoms with E-state index in [9.17, 15) is 9.59 Å². The molecule has 0 aliphatic rings. The number of carbonyl (C=O) groups is 2. The first-order valence-electron chi connectivity index (χ1n) is 8.10. The van der Waals surface area contributed by atoms with Gasteiger partial charge in [0.25, 0.3) is 11.8 Å². The lowest BCUT2D eigenvalue weighted by Crippen LogP contribution is -2.21.